The summed E-state index contributed by atoms with van der Waals surface area (Å²) in [4.78, 5) is 0. The summed E-state index contributed by atoms with van der Waals surface area (Å²) in [5.74, 6) is -2.18. The molecule has 0 unspecified atom stereocenters. The van der Waals surface area contributed by atoms with Crippen molar-refractivity contribution in [3.05, 3.63) is 0 Å². The van der Waals surface area contributed by atoms with E-state index in [1.165, 1.54) is 0 Å². The first-order valence-corrected chi connectivity index (χ1v) is 4.33. The van der Waals surface area contributed by atoms with Crippen LogP contribution in [0, 0.1) is 63.1 Å². The SMILES string of the molecule is CCCC(C(C#N)C#N)C(C#N)C#N. The molecule has 14 heavy (non-hydrogen) atoms. The van der Waals surface area contributed by atoms with Crippen LogP contribution in [-0.4, -0.2) is 0 Å². The predicted octanol–water partition coefficient (Wildman–Crippen LogP) is 1.73. The number of hydrogen-bond acceptors (Lipinski definition) is 4. The second-order valence-electron chi connectivity index (χ2n) is 2.92. The van der Waals surface area contributed by atoms with Crippen LogP contribution in [0.1, 0.15) is 19.8 Å². The zero-order chi connectivity index (χ0) is 11.0. The van der Waals surface area contributed by atoms with Crippen molar-refractivity contribution >= 4 is 0 Å². The molecule has 0 aromatic carbocycles. The van der Waals surface area contributed by atoms with Crippen LogP contribution in [0.15, 0.2) is 0 Å². The van der Waals surface area contributed by atoms with E-state index in [4.69, 9.17) is 21.0 Å². The lowest BCUT2D eigenvalue weighted by molar-refractivity contribution is 0.383. The fourth-order valence-corrected chi connectivity index (χ4v) is 1.30. The van der Waals surface area contributed by atoms with Crippen LogP contribution in [0.3, 0.4) is 0 Å². The Balaban J connectivity index is 4.80. The zero-order valence-corrected chi connectivity index (χ0v) is 7.94. The molecule has 0 aliphatic rings. The summed E-state index contributed by atoms with van der Waals surface area (Å²) < 4.78 is 0. The molecule has 0 aliphatic heterocycles. The Morgan fingerprint density at radius 1 is 0.857 bits per heavy atom. The van der Waals surface area contributed by atoms with Crippen molar-refractivity contribution in [3.63, 3.8) is 0 Å². The maximum atomic E-state index is 8.67. The molecule has 0 spiro atoms. The Kier molecular flexibility index (Phi) is 5.53. The van der Waals surface area contributed by atoms with Gasteiger partial charge >= 0.3 is 0 Å². The fraction of sp³-hybridized carbons (Fsp3) is 0.600. The standard InChI is InChI=1S/C10H10N4/c1-2-3-10(8(4-11)5-12)9(6-13)7-14/h8-10H,2-3H2,1H3. The quantitative estimate of drug-likeness (QED) is 0.667. The van der Waals surface area contributed by atoms with E-state index in [0.29, 0.717) is 6.42 Å². The summed E-state index contributed by atoms with van der Waals surface area (Å²) in [6.45, 7) is 1.89. The number of rotatable bonds is 4. The maximum Gasteiger partial charge on any atom is 0.138 e. The van der Waals surface area contributed by atoms with E-state index in [-0.39, 0.29) is 0 Å². The second-order valence-corrected chi connectivity index (χ2v) is 2.92. The molecule has 0 saturated heterocycles. The lowest BCUT2D eigenvalue weighted by atomic mass is 9.81. The van der Waals surface area contributed by atoms with Crippen molar-refractivity contribution in [2.45, 2.75) is 19.8 Å². The van der Waals surface area contributed by atoms with E-state index in [2.05, 4.69) is 0 Å². The Hall–Kier alpha value is -2.04. The van der Waals surface area contributed by atoms with Gasteiger partial charge in [0.2, 0.25) is 0 Å². The largest absolute Gasteiger partial charge is 0.197 e. The van der Waals surface area contributed by atoms with E-state index >= 15 is 0 Å². The van der Waals surface area contributed by atoms with Gasteiger partial charge in [-0.05, 0) is 6.42 Å². The molecule has 0 rings (SSSR count). The van der Waals surface area contributed by atoms with E-state index in [1.54, 1.807) is 0 Å². The molecular formula is C10H10N4. The van der Waals surface area contributed by atoms with Gasteiger partial charge in [0.05, 0.1) is 24.3 Å². The van der Waals surface area contributed by atoms with Gasteiger partial charge in [-0.1, -0.05) is 13.3 Å². The molecule has 0 aromatic rings. The second kappa shape index (κ2) is 6.47. The van der Waals surface area contributed by atoms with E-state index in [0.717, 1.165) is 6.42 Å². The molecule has 0 atom stereocenters. The van der Waals surface area contributed by atoms with Crippen LogP contribution in [0.5, 0.6) is 0 Å². The first kappa shape index (κ1) is 12.0. The zero-order valence-electron chi connectivity index (χ0n) is 7.94. The van der Waals surface area contributed by atoms with Crippen molar-refractivity contribution in [2.75, 3.05) is 0 Å². The molecule has 0 heterocycles. The Labute approximate surface area is 83.6 Å². The number of nitriles is 4. The minimum atomic E-state index is -0.862. The van der Waals surface area contributed by atoms with Gasteiger partial charge < -0.3 is 0 Å². The molecule has 0 amide bonds. The Morgan fingerprint density at radius 2 is 1.21 bits per heavy atom. The fourth-order valence-electron chi connectivity index (χ4n) is 1.30. The third-order valence-electron chi connectivity index (χ3n) is 2.03. The van der Waals surface area contributed by atoms with Crippen LogP contribution in [0.25, 0.3) is 0 Å². The highest BCUT2D eigenvalue weighted by molar-refractivity contribution is 5.12. The first-order chi connectivity index (χ1) is 6.74. The third kappa shape index (κ3) is 2.78. The molecule has 0 radical (unpaired) electrons. The van der Waals surface area contributed by atoms with Crippen LogP contribution in [0.2, 0.25) is 0 Å². The lowest BCUT2D eigenvalue weighted by Gasteiger charge is -2.16. The summed E-state index contributed by atoms with van der Waals surface area (Å²) in [7, 11) is 0. The molecule has 0 bridgehead atoms. The van der Waals surface area contributed by atoms with Crippen molar-refractivity contribution in [2.24, 2.45) is 17.8 Å². The molecule has 4 nitrogen and oxygen atoms in total. The monoisotopic (exact) mass is 186 g/mol. The van der Waals surface area contributed by atoms with Gasteiger partial charge in [0.15, 0.2) is 0 Å². The lowest BCUT2D eigenvalue weighted by Crippen LogP contribution is -2.19. The molecule has 4 heteroatoms. The van der Waals surface area contributed by atoms with Crippen LogP contribution >= 0.6 is 0 Å². The molecular weight excluding hydrogens is 176 g/mol. The first-order valence-electron chi connectivity index (χ1n) is 4.33. The smallest absolute Gasteiger partial charge is 0.138 e. The Bertz CT molecular complexity index is 273. The van der Waals surface area contributed by atoms with Gasteiger partial charge in [0, 0.05) is 5.92 Å². The van der Waals surface area contributed by atoms with Gasteiger partial charge in [-0.15, -0.1) is 0 Å². The van der Waals surface area contributed by atoms with Gasteiger partial charge in [0.25, 0.3) is 0 Å². The number of hydrogen-bond donors (Lipinski definition) is 0. The van der Waals surface area contributed by atoms with Gasteiger partial charge in [0.1, 0.15) is 11.8 Å². The minimum Gasteiger partial charge on any atom is -0.197 e. The van der Waals surface area contributed by atoms with Crippen molar-refractivity contribution < 1.29 is 0 Å². The summed E-state index contributed by atoms with van der Waals surface area (Å²) >= 11 is 0. The summed E-state index contributed by atoms with van der Waals surface area (Å²) in [6.07, 6.45) is 1.31. The summed E-state index contributed by atoms with van der Waals surface area (Å²) in [6, 6.07) is 7.29. The van der Waals surface area contributed by atoms with E-state index < -0.39 is 17.8 Å². The van der Waals surface area contributed by atoms with E-state index in [9.17, 15) is 0 Å². The van der Waals surface area contributed by atoms with Crippen molar-refractivity contribution in [3.8, 4) is 24.3 Å². The van der Waals surface area contributed by atoms with Crippen molar-refractivity contribution in [1.82, 2.24) is 0 Å². The highest BCUT2D eigenvalue weighted by Crippen LogP contribution is 2.25. The van der Waals surface area contributed by atoms with Gasteiger partial charge in [-0.3, -0.25) is 0 Å². The molecule has 70 valence electrons. The molecule has 0 fully saturated rings. The summed E-state index contributed by atoms with van der Waals surface area (Å²) in [5, 5.41) is 34.7. The third-order valence-corrected chi connectivity index (χ3v) is 2.03. The molecule has 0 saturated carbocycles. The Morgan fingerprint density at radius 3 is 1.43 bits per heavy atom. The average molecular weight is 186 g/mol. The van der Waals surface area contributed by atoms with Gasteiger partial charge in [-0.2, -0.15) is 21.0 Å². The van der Waals surface area contributed by atoms with Gasteiger partial charge in [-0.25, -0.2) is 0 Å². The minimum absolute atomic E-state index is 0.454. The molecule has 0 N–H and O–H groups in total. The van der Waals surface area contributed by atoms with Crippen molar-refractivity contribution in [1.29, 1.82) is 21.0 Å². The normalized spacial score (nSPS) is 9.14. The number of nitrogens with zero attached hydrogens (tertiary/aromatic N) is 4. The van der Waals surface area contributed by atoms with Crippen LogP contribution < -0.4 is 0 Å². The van der Waals surface area contributed by atoms with E-state index in [1.807, 2.05) is 31.2 Å². The molecule has 0 aromatic heterocycles. The predicted molar refractivity (Wildman–Crippen MR) is 47.8 cm³/mol. The van der Waals surface area contributed by atoms with Crippen LogP contribution in [0.4, 0.5) is 0 Å². The summed E-state index contributed by atoms with van der Waals surface area (Å²) in [5.41, 5.74) is 0. The maximum absolute atomic E-state index is 8.67. The highest BCUT2D eigenvalue weighted by Gasteiger charge is 2.28. The average Bonchev–Trinajstić information content (AvgIpc) is 2.21. The highest BCUT2D eigenvalue weighted by atomic mass is 14.4. The molecule has 0 aliphatic carbocycles. The van der Waals surface area contributed by atoms with Crippen LogP contribution in [-0.2, 0) is 0 Å². The topological polar surface area (TPSA) is 95.2 Å².